The van der Waals surface area contributed by atoms with Gasteiger partial charge in [0.25, 0.3) is 0 Å². The van der Waals surface area contributed by atoms with Crippen LogP contribution in [0.2, 0.25) is 0 Å². The molecule has 122 valence electrons. The highest BCUT2D eigenvalue weighted by Crippen LogP contribution is 2.40. The first-order valence-corrected chi connectivity index (χ1v) is 8.64. The number of hydrogen-bond acceptors (Lipinski definition) is 1. The number of fused-ring (bicyclic) bond motifs is 4. The molecule has 24 heavy (non-hydrogen) atoms. The Morgan fingerprint density at radius 3 is 2.79 bits per heavy atom. The van der Waals surface area contributed by atoms with Gasteiger partial charge in [-0.1, -0.05) is 48.5 Å². The van der Waals surface area contributed by atoms with Crippen LogP contribution in [0.4, 0.5) is 0 Å². The monoisotopic (exact) mass is 317 g/mol. The lowest BCUT2D eigenvalue weighted by Gasteiger charge is -2.19. The van der Waals surface area contributed by atoms with Crippen molar-refractivity contribution in [1.29, 1.82) is 0 Å². The van der Waals surface area contributed by atoms with Crippen molar-refractivity contribution in [1.82, 2.24) is 4.57 Å². The summed E-state index contributed by atoms with van der Waals surface area (Å²) in [7, 11) is 2.19. The first-order chi connectivity index (χ1) is 11.8. The summed E-state index contributed by atoms with van der Waals surface area (Å²) in [5, 5.41) is 1.36. The summed E-state index contributed by atoms with van der Waals surface area (Å²) in [6.07, 6.45) is 3.99. The molecule has 0 amide bonds. The summed E-state index contributed by atoms with van der Waals surface area (Å²) >= 11 is 0. The Morgan fingerprint density at radius 2 is 1.92 bits per heavy atom. The van der Waals surface area contributed by atoms with Crippen LogP contribution in [0.3, 0.4) is 0 Å². The number of nitrogens with zero attached hydrogens (tertiary/aromatic N) is 1. The van der Waals surface area contributed by atoms with Gasteiger partial charge in [0.05, 0.1) is 13.2 Å². The molecule has 1 aliphatic rings. The second kappa shape index (κ2) is 6.29. The Labute approximate surface area is 143 Å². The van der Waals surface area contributed by atoms with Crippen LogP contribution in [0.25, 0.3) is 10.9 Å². The minimum absolute atomic E-state index is 0.282. The number of benzene rings is 2. The second-order valence-corrected chi connectivity index (χ2v) is 6.51. The van der Waals surface area contributed by atoms with Crippen LogP contribution in [0.5, 0.6) is 0 Å². The van der Waals surface area contributed by atoms with Crippen molar-refractivity contribution in [3.63, 3.8) is 0 Å². The first kappa shape index (κ1) is 15.2. The molecule has 0 aliphatic heterocycles. The van der Waals surface area contributed by atoms with Crippen molar-refractivity contribution in [2.45, 2.75) is 18.8 Å². The average molecular weight is 317 g/mol. The highest BCUT2D eigenvalue weighted by Gasteiger charge is 2.28. The van der Waals surface area contributed by atoms with E-state index in [9.17, 15) is 0 Å². The smallest absolute Gasteiger partial charge is 0.0645 e. The summed E-state index contributed by atoms with van der Waals surface area (Å²) in [5.74, 6) is 0.282. The molecule has 0 spiro atoms. The first-order valence-electron chi connectivity index (χ1n) is 8.64. The lowest BCUT2D eigenvalue weighted by molar-refractivity contribution is 0.155. The van der Waals surface area contributed by atoms with E-state index in [1.807, 2.05) is 6.08 Å². The van der Waals surface area contributed by atoms with Crippen LogP contribution >= 0.6 is 0 Å². The van der Waals surface area contributed by atoms with Crippen LogP contribution in [0.1, 0.15) is 28.3 Å². The topological polar surface area (TPSA) is 14.2 Å². The zero-order valence-electron chi connectivity index (χ0n) is 14.2. The van der Waals surface area contributed by atoms with Gasteiger partial charge in [-0.2, -0.15) is 0 Å². The highest BCUT2D eigenvalue weighted by atomic mass is 16.5. The molecule has 0 saturated heterocycles. The maximum absolute atomic E-state index is 5.92. The van der Waals surface area contributed by atoms with Crippen LogP contribution < -0.4 is 0 Å². The fourth-order valence-corrected chi connectivity index (χ4v) is 4.12. The molecule has 2 heteroatoms. The number of rotatable bonds is 4. The molecule has 2 aromatic carbocycles. The maximum Gasteiger partial charge on any atom is 0.0645 e. The largest absolute Gasteiger partial charge is 0.376 e. The third-order valence-electron chi connectivity index (χ3n) is 5.20. The fraction of sp³-hybridized carbons (Fsp3) is 0.273. The van der Waals surface area contributed by atoms with E-state index in [2.05, 4.69) is 66.7 Å². The van der Waals surface area contributed by atoms with Crippen LogP contribution in [-0.4, -0.2) is 17.8 Å². The minimum Gasteiger partial charge on any atom is -0.376 e. The Bertz CT molecular complexity index is 890. The van der Waals surface area contributed by atoms with Gasteiger partial charge >= 0.3 is 0 Å². The molecular formula is C22H23NO. The van der Waals surface area contributed by atoms with E-state index in [-0.39, 0.29) is 5.92 Å². The second-order valence-electron chi connectivity index (χ2n) is 6.51. The van der Waals surface area contributed by atoms with Gasteiger partial charge < -0.3 is 9.30 Å². The molecule has 2 nitrogen and oxygen atoms in total. The Morgan fingerprint density at radius 1 is 1.12 bits per heavy atom. The molecule has 1 aromatic heterocycles. The Kier molecular flexibility index (Phi) is 3.99. The third kappa shape index (κ3) is 2.38. The van der Waals surface area contributed by atoms with Gasteiger partial charge in [-0.3, -0.25) is 0 Å². The number of ether oxygens (including phenoxy) is 1. The summed E-state index contributed by atoms with van der Waals surface area (Å²) in [4.78, 5) is 0. The number of aryl methyl sites for hydroxylation is 2. The van der Waals surface area contributed by atoms with Gasteiger partial charge in [-0.15, -0.1) is 6.58 Å². The summed E-state index contributed by atoms with van der Waals surface area (Å²) in [6, 6.07) is 17.6. The normalized spacial score (nSPS) is 16.5. The van der Waals surface area contributed by atoms with Crippen molar-refractivity contribution >= 4 is 10.9 Å². The van der Waals surface area contributed by atoms with Gasteiger partial charge in [0.15, 0.2) is 0 Å². The molecule has 4 rings (SSSR count). The molecule has 0 unspecified atom stereocenters. The zero-order chi connectivity index (χ0) is 16.5. The number of para-hydroxylation sites is 1. The molecule has 1 aliphatic carbocycles. The molecule has 0 saturated carbocycles. The standard InChI is InChI=1S/C22H23NO/c1-3-14-24-15-19-17-9-5-4-8-16(17)12-13-21-22(19)18-10-6-7-11-20(18)23(21)2/h3-11,19H,1,12-15H2,2H3/t19-/m0/s1. The number of hydrogen-bond donors (Lipinski definition) is 0. The van der Waals surface area contributed by atoms with Crippen molar-refractivity contribution in [3.8, 4) is 0 Å². The van der Waals surface area contributed by atoms with E-state index in [0.717, 1.165) is 12.8 Å². The van der Waals surface area contributed by atoms with Gasteiger partial charge in [0.2, 0.25) is 0 Å². The van der Waals surface area contributed by atoms with Crippen molar-refractivity contribution in [3.05, 3.63) is 83.6 Å². The van der Waals surface area contributed by atoms with E-state index < -0.39 is 0 Å². The summed E-state index contributed by atoms with van der Waals surface area (Å²) in [6.45, 7) is 5.07. The van der Waals surface area contributed by atoms with E-state index in [0.29, 0.717) is 13.2 Å². The van der Waals surface area contributed by atoms with E-state index in [1.54, 1.807) is 0 Å². The molecule has 0 fully saturated rings. The summed E-state index contributed by atoms with van der Waals surface area (Å²) in [5.41, 5.74) is 7.07. The van der Waals surface area contributed by atoms with Gasteiger partial charge in [-0.25, -0.2) is 0 Å². The molecule has 0 N–H and O–H groups in total. The Hall–Kier alpha value is -2.32. The van der Waals surface area contributed by atoms with Crippen LogP contribution in [0, 0.1) is 0 Å². The maximum atomic E-state index is 5.92. The zero-order valence-corrected chi connectivity index (χ0v) is 14.2. The minimum atomic E-state index is 0.282. The molecule has 3 aromatic rings. The van der Waals surface area contributed by atoms with E-state index >= 15 is 0 Å². The molecular weight excluding hydrogens is 294 g/mol. The number of aromatic nitrogens is 1. The van der Waals surface area contributed by atoms with Gasteiger partial charge in [-0.05, 0) is 35.6 Å². The van der Waals surface area contributed by atoms with E-state index in [1.165, 1.54) is 33.3 Å². The van der Waals surface area contributed by atoms with Crippen molar-refractivity contribution < 1.29 is 4.74 Å². The summed E-state index contributed by atoms with van der Waals surface area (Å²) < 4.78 is 8.29. The van der Waals surface area contributed by atoms with Gasteiger partial charge in [0, 0.05) is 29.6 Å². The fourth-order valence-electron chi connectivity index (χ4n) is 4.12. The van der Waals surface area contributed by atoms with Crippen molar-refractivity contribution in [2.75, 3.05) is 13.2 Å². The Balaban J connectivity index is 1.93. The van der Waals surface area contributed by atoms with Crippen molar-refractivity contribution in [2.24, 2.45) is 7.05 Å². The SMILES string of the molecule is C=CCOC[C@H]1c2ccccc2CCc2c1c1ccccc1n2C. The lowest BCUT2D eigenvalue weighted by Crippen LogP contribution is -2.11. The average Bonchev–Trinajstić information content (AvgIpc) is 2.79. The quantitative estimate of drug-likeness (QED) is 0.506. The van der Waals surface area contributed by atoms with E-state index in [4.69, 9.17) is 4.74 Å². The molecule has 0 radical (unpaired) electrons. The molecule has 1 atom stereocenters. The predicted octanol–water partition coefficient (Wildman–Crippen LogP) is 4.61. The highest BCUT2D eigenvalue weighted by molar-refractivity contribution is 5.87. The van der Waals surface area contributed by atoms with Crippen LogP contribution in [-0.2, 0) is 24.6 Å². The van der Waals surface area contributed by atoms with Crippen LogP contribution in [0.15, 0.2) is 61.2 Å². The molecule has 1 heterocycles. The third-order valence-corrected chi connectivity index (χ3v) is 5.20. The molecule has 0 bridgehead atoms. The predicted molar refractivity (Wildman–Crippen MR) is 99.6 cm³/mol. The van der Waals surface area contributed by atoms with Gasteiger partial charge in [0.1, 0.15) is 0 Å². The lowest BCUT2D eigenvalue weighted by atomic mass is 9.89.